The molecule has 0 heterocycles. The molecule has 1 atom stereocenters. The van der Waals surface area contributed by atoms with Crippen LogP contribution in [-0.4, -0.2) is 6.04 Å². The van der Waals surface area contributed by atoms with Gasteiger partial charge in [0, 0.05) is 17.1 Å². The second kappa shape index (κ2) is 6.44. The molecule has 0 amide bonds. The van der Waals surface area contributed by atoms with E-state index in [2.05, 4.69) is 0 Å². The number of benzene rings is 2. The zero-order chi connectivity index (χ0) is 14.7. The largest absolute Gasteiger partial charge is 0.457 e. The second-order valence-corrected chi connectivity index (χ2v) is 5.46. The first-order chi connectivity index (χ1) is 9.45. The van der Waals surface area contributed by atoms with E-state index in [4.69, 9.17) is 33.7 Å². The van der Waals surface area contributed by atoms with Crippen LogP contribution in [0, 0.1) is 5.82 Å². The van der Waals surface area contributed by atoms with Gasteiger partial charge in [0.15, 0.2) is 0 Å². The lowest BCUT2D eigenvalue weighted by molar-refractivity contribution is 0.468. The van der Waals surface area contributed by atoms with E-state index in [1.165, 1.54) is 12.1 Å². The maximum absolute atomic E-state index is 13.4. The summed E-state index contributed by atoms with van der Waals surface area (Å²) in [7, 11) is 0. The standard InChI is InChI=1S/C15H14Cl2FNO/c1-9(19)6-10-2-3-11(16)7-15(10)20-12-4-5-13(17)14(18)8-12/h2-5,7-9H,6,19H2,1H3. The molecule has 0 spiro atoms. The zero-order valence-corrected chi connectivity index (χ0v) is 12.4. The van der Waals surface area contributed by atoms with E-state index in [9.17, 15) is 4.39 Å². The van der Waals surface area contributed by atoms with Gasteiger partial charge in [-0.2, -0.15) is 0 Å². The summed E-state index contributed by atoms with van der Waals surface area (Å²) < 4.78 is 19.1. The summed E-state index contributed by atoms with van der Waals surface area (Å²) in [5, 5.41) is 0.599. The number of halogens is 3. The molecule has 0 radical (unpaired) electrons. The number of nitrogens with two attached hydrogens (primary N) is 1. The number of hydrogen-bond acceptors (Lipinski definition) is 2. The predicted molar refractivity (Wildman–Crippen MR) is 80.3 cm³/mol. The van der Waals surface area contributed by atoms with Crippen LogP contribution in [0.25, 0.3) is 0 Å². The van der Waals surface area contributed by atoms with Crippen LogP contribution < -0.4 is 10.5 Å². The molecular weight excluding hydrogens is 300 g/mol. The maximum atomic E-state index is 13.4. The summed E-state index contributed by atoms with van der Waals surface area (Å²) in [5.41, 5.74) is 6.72. The fourth-order valence-electron chi connectivity index (χ4n) is 1.81. The highest BCUT2D eigenvalue weighted by Gasteiger charge is 2.10. The molecule has 2 rings (SSSR count). The van der Waals surface area contributed by atoms with Crippen LogP contribution in [0.15, 0.2) is 36.4 Å². The first kappa shape index (κ1) is 15.1. The van der Waals surface area contributed by atoms with Gasteiger partial charge in [0.25, 0.3) is 0 Å². The van der Waals surface area contributed by atoms with E-state index in [1.807, 2.05) is 13.0 Å². The minimum Gasteiger partial charge on any atom is -0.457 e. The van der Waals surface area contributed by atoms with Crippen LogP contribution in [0.1, 0.15) is 12.5 Å². The van der Waals surface area contributed by atoms with Gasteiger partial charge in [-0.05, 0) is 43.2 Å². The highest BCUT2D eigenvalue weighted by atomic mass is 35.5. The monoisotopic (exact) mass is 313 g/mol. The van der Waals surface area contributed by atoms with Crippen LogP contribution >= 0.6 is 23.2 Å². The Bertz CT molecular complexity index is 617. The summed E-state index contributed by atoms with van der Waals surface area (Å²) in [6.45, 7) is 1.90. The first-order valence-electron chi connectivity index (χ1n) is 6.12. The minimum absolute atomic E-state index is 0.0134. The van der Waals surface area contributed by atoms with Gasteiger partial charge in [0.1, 0.15) is 17.3 Å². The van der Waals surface area contributed by atoms with Gasteiger partial charge in [-0.1, -0.05) is 29.3 Å². The van der Waals surface area contributed by atoms with Gasteiger partial charge in [-0.15, -0.1) is 0 Å². The normalized spacial score (nSPS) is 12.2. The van der Waals surface area contributed by atoms with Crippen molar-refractivity contribution in [2.24, 2.45) is 5.73 Å². The molecule has 2 aromatic carbocycles. The summed E-state index contributed by atoms with van der Waals surface area (Å²) in [5.74, 6) is 0.400. The molecular formula is C15H14Cl2FNO. The van der Waals surface area contributed by atoms with E-state index in [0.717, 1.165) is 5.56 Å². The molecule has 0 aliphatic rings. The van der Waals surface area contributed by atoms with Crippen molar-refractivity contribution in [2.75, 3.05) is 0 Å². The molecule has 1 unspecified atom stereocenters. The molecule has 5 heteroatoms. The molecule has 0 fully saturated rings. The number of rotatable bonds is 4. The van der Waals surface area contributed by atoms with Gasteiger partial charge in [0.05, 0.1) is 5.02 Å². The van der Waals surface area contributed by atoms with E-state index >= 15 is 0 Å². The topological polar surface area (TPSA) is 35.2 Å². The Kier molecular flexibility index (Phi) is 4.86. The molecule has 0 aliphatic carbocycles. The lowest BCUT2D eigenvalue weighted by Crippen LogP contribution is -2.18. The summed E-state index contributed by atoms with van der Waals surface area (Å²) in [4.78, 5) is 0. The van der Waals surface area contributed by atoms with Crippen LogP contribution in [0.4, 0.5) is 4.39 Å². The fourth-order valence-corrected chi connectivity index (χ4v) is 2.09. The number of hydrogen-bond donors (Lipinski definition) is 1. The summed E-state index contributed by atoms with van der Waals surface area (Å²) in [6.07, 6.45) is 0.641. The molecule has 2 N–H and O–H groups in total. The van der Waals surface area contributed by atoms with Crippen molar-refractivity contribution in [1.29, 1.82) is 0 Å². The van der Waals surface area contributed by atoms with Crippen LogP contribution in [0.3, 0.4) is 0 Å². The van der Waals surface area contributed by atoms with Crippen molar-refractivity contribution in [3.8, 4) is 11.5 Å². The van der Waals surface area contributed by atoms with Crippen LogP contribution in [0.2, 0.25) is 10.0 Å². The average Bonchev–Trinajstić information content (AvgIpc) is 2.37. The second-order valence-electron chi connectivity index (χ2n) is 4.61. The van der Waals surface area contributed by atoms with Crippen molar-refractivity contribution in [3.05, 3.63) is 57.8 Å². The average molecular weight is 314 g/mol. The van der Waals surface area contributed by atoms with Crippen molar-refractivity contribution in [1.82, 2.24) is 0 Å². The van der Waals surface area contributed by atoms with E-state index in [0.29, 0.717) is 22.9 Å². The van der Waals surface area contributed by atoms with Gasteiger partial charge in [0.2, 0.25) is 0 Å². The highest BCUT2D eigenvalue weighted by Crippen LogP contribution is 2.30. The maximum Gasteiger partial charge on any atom is 0.145 e. The Morgan fingerprint density at radius 2 is 1.95 bits per heavy atom. The summed E-state index contributed by atoms with van der Waals surface area (Å²) in [6, 6.07) is 9.58. The Labute approximate surface area is 127 Å². The molecule has 20 heavy (non-hydrogen) atoms. The van der Waals surface area contributed by atoms with Crippen molar-refractivity contribution in [3.63, 3.8) is 0 Å². The molecule has 0 saturated carbocycles. The van der Waals surface area contributed by atoms with Gasteiger partial charge < -0.3 is 10.5 Å². The van der Waals surface area contributed by atoms with Crippen molar-refractivity contribution < 1.29 is 9.13 Å². The lowest BCUT2D eigenvalue weighted by atomic mass is 10.1. The van der Waals surface area contributed by atoms with E-state index in [1.54, 1.807) is 18.2 Å². The fraction of sp³-hybridized carbons (Fsp3) is 0.200. The SMILES string of the molecule is CC(N)Cc1ccc(Cl)cc1Oc1ccc(Cl)c(F)c1. The van der Waals surface area contributed by atoms with E-state index in [-0.39, 0.29) is 11.1 Å². The highest BCUT2D eigenvalue weighted by molar-refractivity contribution is 6.31. The smallest absolute Gasteiger partial charge is 0.145 e. The Morgan fingerprint density at radius 1 is 1.20 bits per heavy atom. The molecule has 0 bridgehead atoms. The third-order valence-corrected chi connectivity index (χ3v) is 3.23. The van der Waals surface area contributed by atoms with Gasteiger partial charge in [-0.25, -0.2) is 4.39 Å². The minimum atomic E-state index is -0.528. The predicted octanol–water partition coefficient (Wildman–Crippen LogP) is 4.81. The summed E-state index contributed by atoms with van der Waals surface area (Å²) >= 11 is 11.6. The number of ether oxygens (including phenoxy) is 1. The third-order valence-electron chi connectivity index (χ3n) is 2.69. The first-order valence-corrected chi connectivity index (χ1v) is 6.88. The van der Waals surface area contributed by atoms with Gasteiger partial charge in [-0.3, -0.25) is 0 Å². The molecule has 0 aromatic heterocycles. The molecule has 2 aromatic rings. The molecule has 0 saturated heterocycles. The Hall–Kier alpha value is -1.29. The van der Waals surface area contributed by atoms with E-state index < -0.39 is 5.82 Å². The Morgan fingerprint density at radius 3 is 2.60 bits per heavy atom. The van der Waals surface area contributed by atoms with Crippen LogP contribution in [-0.2, 0) is 6.42 Å². The lowest BCUT2D eigenvalue weighted by Gasteiger charge is -2.13. The van der Waals surface area contributed by atoms with Crippen molar-refractivity contribution in [2.45, 2.75) is 19.4 Å². The Balaban J connectivity index is 2.31. The third kappa shape index (κ3) is 3.85. The molecule has 106 valence electrons. The van der Waals surface area contributed by atoms with Gasteiger partial charge >= 0.3 is 0 Å². The molecule has 2 nitrogen and oxygen atoms in total. The molecule has 0 aliphatic heterocycles. The van der Waals surface area contributed by atoms with Crippen LogP contribution in [0.5, 0.6) is 11.5 Å². The zero-order valence-electron chi connectivity index (χ0n) is 10.9. The quantitative estimate of drug-likeness (QED) is 0.878. The van der Waals surface area contributed by atoms with Crippen molar-refractivity contribution >= 4 is 23.2 Å².